The molecule has 2 N–H and O–H groups in total. The minimum absolute atomic E-state index is 0.107. The molecule has 3 nitrogen and oxygen atoms in total. The summed E-state index contributed by atoms with van der Waals surface area (Å²) in [4.78, 5) is 0. The molecule has 1 aliphatic carbocycles. The quantitative estimate of drug-likeness (QED) is 0.615. The van der Waals surface area contributed by atoms with Gasteiger partial charge in [-0.2, -0.15) is 0 Å². The van der Waals surface area contributed by atoms with Crippen LogP contribution in [0.1, 0.15) is 6.42 Å². The molecule has 0 aromatic rings. The van der Waals surface area contributed by atoms with E-state index in [2.05, 4.69) is 0 Å². The van der Waals surface area contributed by atoms with Gasteiger partial charge in [0.15, 0.2) is 0 Å². The molecule has 1 aliphatic rings. The van der Waals surface area contributed by atoms with Gasteiger partial charge in [0, 0.05) is 0 Å². The summed E-state index contributed by atoms with van der Waals surface area (Å²) in [5.41, 5.74) is 0. The minimum atomic E-state index is -1.21. The van der Waals surface area contributed by atoms with Crippen molar-refractivity contribution in [1.29, 1.82) is 0 Å². The standard InChI is InChI=1S/C9H17O3.ClH.Hg/c1-6(4-10)9(12-2)8-3-7(8)5-11;;/h6-11H,1,3-5H2,2H3;1H;/q;;+1/p-1/t6-,7+,8-,9+;;/m0../s1. The van der Waals surface area contributed by atoms with Crippen LogP contribution in [0.4, 0.5) is 0 Å². The van der Waals surface area contributed by atoms with E-state index in [0.29, 0.717) is 11.8 Å². The van der Waals surface area contributed by atoms with Gasteiger partial charge in [0.25, 0.3) is 0 Å². The van der Waals surface area contributed by atoms with Crippen LogP contribution in [0.3, 0.4) is 0 Å². The van der Waals surface area contributed by atoms with Gasteiger partial charge >= 0.3 is 101 Å². The topological polar surface area (TPSA) is 49.7 Å². The van der Waals surface area contributed by atoms with Gasteiger partial charge in [-0.05, 0) is 0 Å². The van der Waals surface area contributed by atoms with Crippen LogP contribution in [-0.2, 0) is 28.1 Å². The Morgan fingerprint density at radius 2 is 2.29 bits per heavy atom. The zero-order valence-electron chi connectivity index (χ0n) is 8.53. The van der Waals surface area contributed by atoms with Gasteiger partial charge in [-0.1, -0.05) is 0 Å². The van der Waals surface area contributed by atoms with E-state index in [9.17, 15) is 5.11 Å². The van der Waals surface area contributed by atoms with Gasteiger partial charge in [-0.25, -0.2) is 0 Å². The molecule has 4 atom stereocenters. The first kappa shape index (κ1) is 13.2. The Kier molecular flexibility index (Phi) is 6.24. The maximum atomic E-state index is 9.23. The van der Waals surface area contributed by atoms with Crippen LogP contribution in [0.25, 0.3) is 0 Å². The summed E-state index contributed by atoms with van der Waals surface area (Å²) in [6.45, 7) is 0.410. The maximum absolute atomic E-state index is 9.23. The van der Waals surface area contributed by atoms with Crippen LogP contribution < -0.4 is 0 Å². The molecule has 0 heterocycles. The van der Waals surface area contributed by atoms with Crippen LogP contribution in [-0.4, -0.2) is 36.6 Å². The molecule has 1 fully saturated rings. The van der Waals surface area contributed by atoms with Crippen LogP contribution in [0.5, 0.6) is 0 Å². The van der Waals surface area contributed by atoms with E-state index in [-0.39, 0.29) is 25.2 Å². The van der Waals surface area contributed by atoms with Gasteiger partial charge in [0.1, 0.15) is 0 Å². The Morgan fingerprint density at radius 3 is 2.64 bits per heavy atom. The number of methoxy groups -OCH3 is 1. The molecule has 1 saturated carbocycles. The van der Waals surface area contributed by atoms with Gasteiger partial charge in [0.2, 0.25) is 0 Å². The van der Waals surface area contributed by atoms with Crippen LogP contribution in [0, 0.1) is 17.8 Å². The van der Waals surface area contributed by atoms with Crippen molar-refractivity contribution in [3.8, 4) is 0 Å². The van der Waals surface area contributed by atoms with Crippen LogP contribution >= 0.6 is 8.25 Å². The first-order valence-electron chi connectivity index (χ1n) is 5.08. The first-order chi connectivity index (χ1) is 6.78. The molecular formula is C9H17ClHgO3. The molecule has 80 valence electrons. The van der Waals surface area contributed by atoms with Gasteiger partial charge in [0.05, 0.1) is 0 Å². The number of aliphatic hydroxyl groups excluding tert-OH is 2. The third-order valence-electron chi connectivity index (χ3n) is 3.08. The van der Waals surface area contributed by atoms with Crippen LogP contribution in [0.2, 0.25) is 3.93 Å². The predicted molar refractivity (Wildman–Crippen MR) is 50.7 cm³/mol. The third-order valence-corrected chi connectivity index (χ3v) is 8.73. The first-order valence-corrected chi connectivity index (χ1v) is 15.7. The van der Waals surface area contributed by atoms with E-state index < -0.39 is 23.3 Å². The Labute approximate surface area is 101 Å². The summed E-state index contributed by atoms with van der Waals surface area (Å²) in [6, 6.07) is 0. The molecule has 14 heavy (non-hydrogen) atoms. The van der Waals surface area contributed by atoms with Crippen molar-refractivity contribution in [3.05, 3.63) is 0 Å². The fourth-order valence-electron chi connectivity index (χ4n) is 2.10. The average molecular weight is 409 g/mol. The molecule has 0 radical (unpaired) electrons. The van der Waals surface area contributed by atoms with Gasteiger partial charge in [-0.15, -0.1) is 0 Å². The second-order valence-electron chi connectivity index (χ2n) is 3.96. The monoisotopic (exact) mass is 410 g/mol. The van der Waals surface area contributed by atoms with E-state index in [0.717, 1.165) is 10.4 Å². The van der Waals surface area contributed by atoms with Crippen molar-refractivity contribution in [2.24, 2.45) is 17.8 Å². The number of ether oxygens (including phenoxy) is 1. The van der Waals surface area contributed by atoms with E-state index in [4.69, 9.17) is 18.1 Å². The molecule has 5 heteroatoms. The van der Waals surface area contributed by atoms with Gasteiger partial charge in [-0.3, -0.25) is 0 Å². The molecule has 0 unspecified atom stereocenters. The summed E-state index contributed by atoms with van der Waals surface area (Å²) < 4.78 is 6.41. The van der Waals surface area contributed by atoms with Gasteiger partial charge < -0.3 is 0 Å². The number of hydrogen-bond acceptors (Lipinski definition) is 3. The molecule has 0 aromatic carbocycles. The molecule has 0 aliphatic heterocycles. The summed E-state index contributed by atoms with van der Waals surface area (Å²) in [7, 11) is 7.56. The molecule has 0 amide bonds. The van der Waals surface area contributed by atoms with Crippen molar-refractivity contribution >= 4 is 8.25 Å². The molecule has 1 rings (SSSR count). The Balaban J connectivity index is 2.43. The number of hydrogen-bond donors (Lipinski definition) is 2. The summed E-state index contributed by atoms with van der Waals surface area (Å²) in [6.07, 6.45) is 1.14. The van der Waals surface area contributed by atoms with E-state index in [1.54, 1.807) is 7.11 Å². The van der Waals surface area contributed by atoms with E-state index in [1.165, 1.54) is 0 Å². The predicted octanol–water partition coefficient (Wildman–Crippen LogP) is 0.893. The summed E-state index contributed by atoms with van der Waals surface area (Å²) in [5, 5.41) is 18.2. The Morgan fingerprint density at radius 1 is 1.57 bits per heavy atom. The third kappa shape index (κ3) is 3.30. The number of halogens is 1. The van der Waals surface area contributed by atoms with Crippen molar-refractivity contribution in [2.75, 3.05) is 20.3 Å². The Bertz CT molecular complexity index is 170. The van der Waals surface area contributed by atoms with Crippen molar-refractivity contribution in [2.45, 2.75) is 16.5 Å². The second-order valence-corrected chi connectivity index (χ2v) is 11.0. The molecule has 0 saturated heterocycles. The molecule has 0 aromatic heterocycles. The Hall–Kier alpha value is 1.11. The number of aliphatic hydroxyl groups is 2. The van der Waals surface area contributed by atoms with E-state index in [1.807, 2.05) is 0 Å². The van der Waals surface area contributed by atoms with E-state index >= 15 is 0 Å². The summed E-state index contributed by atoms with van der Waals surface area (Å²) >= 11 is -1.21. The number of rotatable bonds is 7. The SMILES string of the molecule is CO[C@H]([C@H](CO)[CH2][Hg][Cl])[C@H]1C[C@@H]1CO. The molecule has 0 bridgehead atoms. The van der Waals surface area contributed by atoms with Crippen molar-refractivity contribution in [3.63, 3.8) is 0 Å². The van der Waals surface area contributed by atoms with Crippen molar-refractivity contribution in [1.82, 2.24) is 0 Å². The second kappa shape index (κ2) is 6.64. The zero-order valence-corrected chi connectivity index (χ0v) is 14.8. The van der Waals surface area contributed by atoms with Crippen molar-refractivity contribution < 1.29 is 38.3 Å². The average Bonchev–Trinajstić information content (AvgIpc) is 2.97. The fraction of sp³-hybridized carbons (Fsp3) is 1.00. The molecule has 0 spiro atoms. The zero-order chi connectivity index (χ0) is 10.6. The molecular weight excluding hydrogens is 392 g/mol. The normalized spacial score (nSPS) is 29.4. The van der Waals surface area contributed by atoms with Crippen LogP contribution in [0.15, 0.2) is 0 Å². The fourth-order valence-corrected chi connectivity index (χ4v) is 7.64. The summed E-state index contributed by atoms with van der Waals surface area (Å²) in [5.74, 6) is 1.04.